The third-order valence-electron chi connectivity index (χ3n) is 5.41. The molecule has 0 unspecified atom stereocenters. The van der Waals surface area contributed by atoms with E-state index in [1.807, 2.05) is 0 Å². The molecule has 0 saturated heterocycles. The zero-order chi connectivity index (χ0) is 24.3. The van der Waals surface area contributed by atoms with Crippen LogP contribution in [0.15, 0.2) is 47.4 Å². The Morgan fingerprint density at radius 3 is 2.45 bits per heavy atom. The summed E-state index contributed by atoms with van der Waals surface area (Å²) in [6.07, 6.45) is 0.0500. The van der Waals surface area contributed by atoms with Crippen LogP contribution in [0.2, 0.25) is 10.0 Å². The van der Waals surface area contributed by atoms with Crippen LogP contribution in [0.3, 0.4) is 0 Å². The molecule has 11 heteroatoms. The summed E-state index contributed by atoms with van der Waals surface area (Å²) in [4.78, 5) is 39.1. The molecule has 33 heavy (non-hydrogen) atoms. The molecular formula is C22H23Cl2N3O5S. The number of carbonyl (C=O) groups is 3. The Hall–Kier alpha value is -2.62. The number of nitrogens with one attached hydrogen (secondary N) is 1. The molecule has 2 aromatic rings. The minimum Gasteiger partial charge on any atom is -0.357 e. The molecule has 8 nitrogen and oxygen atoms in total. The normalized spacial score (nSPS) is 15.2. The van der Waals surface area contributed by atoms with Crippen LogP contribution in [-0.4, -0.2) is 55.0 Å². The fourth-order valence-electron chi connectivity index (χ4n) is 3.60. The second-order valence-electron chi connectivity index (χ2n) is 7.54. The van der Waals surface area contributed by atoms with Crippen molar-refractivity contribution >= 4 is 50.9 Å². The summed E-state index contributed by atoms with van der Waals surface area (Å²) in [5, 5.41) is 3.22. The van der Waals surface area contributed by atoms with Gasteiger partial charge in [-0.25, -0.2) is 12.7 Å². The van der Waals surface area contributed by atoms with Crippen LogP contribution >= 0.6 is 23.2 Å². The number of nitrogens with zero attached hydrogens (tertiary/aromatic N) is 2. The number of hydrogen-bond donors (Lipinski definition) is 1. The maximum absolute atomic E-state index is 13.0. The SMILES string of the molecule is CNC(=O)[C@H](C)N(Cc1ccc(Cl)c(Cl)c1)C(=O)CCCN1C(=O)c2ccccc2S1(=O)=O. The van der Waals surface area contributed by atoms with Gasteiger partial charge in [0.2, 0.25) is 11.8 Å². The Bertz CT molecular complexity index is 1200. The molecule has 1 aliphatic heterocycles. The summed E-state index contributed by atoms with van der Waals surface area (Å²) >= 11 is 12.0. The molecule has 1 N–H and O–H groups in total. The van der Waals surface area contributed by atoms with Gasteiger partial charge in [-0.15, -0.1) is 0 Å². The lowest BCUT2D eigenvalue weighted by atomic mass is 10.1. The van der Waals surface area contributed by atoms with Gasteiger partial charge >= 0.3 is 0 Å². The van der Waals surface area contributed by atoms with Crippen LogP contribution in [0, 0.1) is 0 Å². The predicted molar refractivity (Wildman–Crippen MR) is 124 cm³/mol. The lowest BCUT2D eigenvalue weighted by Gasteiger charge is -2.28. The molecule has 0 radical (unpaired) electrons. The number of carbonyl (C=O) groups excluding carboxylic acids is 3. The average Bonchev–Trinajstić information content (AvgIpc) is 2.99. The summed E-state index contributed by atoms with van der Waals surface area (Å²) in [7, 11) is -2.46. The number of fused-ring (bicyclic) bond motifs is 1. The van der Waals surface area contributed by atoms with E-state index in [0.29, 0.717) is 15.6 Å². The summed E-state index contributed by atoms with van der Waals surface area (Å²) in [5.74, 6) is -1.32. The van der Waals surface area contributed by atoms with Crippen molar-refractivity contribution in [3.05, 3.63) is 63.6 Å². The van der Waals surface area contributed by atoms with E-state index in [1.54, 1.807) is 37.3 Å². The van der Waals surface area contributed by atoms with Crippen molar-refractivity contribution in [2.75, 3.05) is 13.6 Å². The molecule has 1 heterocycles. The molecule has 1 aliphatic rings. The molecule has 0 fully saturated rings. The van der Waals surface area contributed by atoms with E-state index >= 15 is 0 Å². The number of halogens is 2. The smallest absolute Gasteiger partial charge is 0.269 e. The highest BCUT2D eigenvalue weighted by Gasteiger charge is 2.40. The van der Waals surface area contributed by atoms with Gasteiger partial charge in [0.1, 0.15) is 10.9 Å². The molecule has 1 atom stereocenters. The fourth-order valence-corrected chi connectivity index (χ4v) is 5.52. The maximum Gasteiger partial charge on any atom is 0.269 e. The van der Waals surface area contributed by atoms with E-state index in [1.165, 1.54) is 24.1 Å². The molecule has 0 aliphatic carbocycles. The highest BCUT2D eigenvalue weighted by molar-refractivity contribution is 7.90. The Kier molecular flexibility index (Phi) is 7.66. The highest BCUT2D eigenvalue weighted by Crippen LogP contribution is 2.30. The van der Waals surface area contributed by atoms with Crippen molar-refractivity contribution in [3.8, 4) is 0 Å². The van der Waals surface area contributed by atoms with E-state index < -0.39 is 22.0 Å². The van der Waals surface area contributed by atoms with E-state index in [0.717, 1.165) is 4.31 Å². The van der Waals surface area contributed by atoms with Gasteiger partial charge in [-0.2, -0.15) is 0 Å². The van der Waals surface area contributed by atoms with E-state index in [4.69, 9.17) is 23.2 Å². The van der Waals surface area contributed by atoms with E-state index in [2.05, 4.69) is 5.32 Å². The first-order chi connectivity index (χ1) is 15.6. The van der Waals surface area contributed by atoms with Crippen LogP contribution in [0.1, 0.15) is 35.7 Å². The number of benzene rings is 2. The molecule has 3 amide bonds. The first kappa shape index (κ1) is 25.0. The maximum atomic E-state index is 13.0. The second-order valence-corrected chi connectivity index (χ2v) is 10.2. The van der Waals surface area contributed by atoms with Gasteiger partial charge in [-0.3, -0.25) is 14.4 Å². The molecule has 3 rings (SSSR count). The van der Waals surface area contributed by atoms with Gasteiger partial charge in [0.15, 0.2) is 0 Å². The van der Waals surface area contributed by atoms with Crippen molar-refractivity contribution in [2.24, 2.45) is 0 Å². The molecule has 0 saturated carbocycles. The second kappa shape index (κ2) is 10.1. The van der Waals surface area contributed by atoms with E-state index in [9.17, 15) is 22.8 Å². The number of hydrogen-bond acceptors (Lipinski definition) is 5. The lowest BCUT2D eigenvalue weighted by Crippen LogP contribution is -2.46. The minimum atomic E-state index is -3.94. The first-order valence-electron chi connectivity index (χ1n) is 10.2. The quantitative estimate of drug-likeness (QED) is 0.586. The largest absolute Gasteiger partial charge is 0.357 e. The molecule has 176 valence electrons. The van der Waals surface area contributed by atoms with Gasteiger partial charge in [-0.05, 0) is 43.2 Å². The Morgan fingerprint density at radius 1 is 1.12 bits per heavy atom. The number of amides is 3. The number of sulfonamides is 1. The minimum absolute atomic E-state index is 0.0317. The van der Waals surface area contributed by atoms with Gasteiger partial charge < -0.3 is 10.2 Å². The summed E-state index contributed by atoms with van der Waals surface area (Å²) in [6, 6.07) is 10.2. The highest BCUT2D eigenvalue weighted by atomic mass is 35.5. The van der Waals surface area contributed by atoms with Crippen LogP contribution in [0.5, 0.6) is 0 Å². The molecule has 0 spiro atoms. The Morgan fingerprint density at radius 2 is 1.82 bits per heavy atom. The Labute approximate surface area is 202 Å². The molecular weight excluding hydrogens is 489 g/mol. The summed E-state index contributed by atoms with van der Waals surface area (Å²) in [6.45, 7) is 1.56. The lowest BCUT2D eigenvalue weighted by molar-refractivity contribution is -0.140. The zero-order valence-corrected chi connectivity index (χ0v) is 20.4. The fraction of sp³-hybridized carbons (Fsp3) is 0.318. The van der Waals surface area contributed by atoms with Gasteiger partial charge in [-0.1, -0.05) is 41.4 Å². The van der Waals surface area contributed by atoms with Crippen molar-refractivity contribution in [3.63, 3.8) is 0 Å². The third-order valence-corrected chi connectivity index (χ3v) is 7.99. The standard InChI is InChI=1S/C22H23Cl2N3O5S/c1-14(21(29)25-2)26(13-15-9-10-17(23)18(24)12-15)20(28)8-5-11-27-22(30)16-6-3-4-7-19(16)33(27,31)32/h3-4,6-7,9-10,12,14H,5,8,11,13H2,1-2H3,(H,25,29)/t14-/m0/s1. The number of rotatable bonds is 8. The van der Waals surface area contributed by atoms with Crippen molar-refractivity contribution in [2.45, 2.75) is 37.2 Å². The van der Waals surface area contributed by atoms with Crippen molar-refractivity contribution in [1.29, 1.82) is 0 Å². The van der Waals surface area contributed by atoms with Gasteiger partial charge in [0.05, 0.1) is 15.6 Å². The molecule has 0 bridgehead atoms. The van der Waals surface area contributed by atoms with Crippen LogP contribution in [0.25, 0.3) is 0 Å². The Balaban J connectivity index is 1.71. The van der Waals surface area contributed by atoms with Gasteiger partial charge in [0.25, 0.3) is 15.9 Å². The predicted octanol–water partition coefficient (Wildman–Crippen LogP) is 3.08. The van der Waals surface area contributed by atoms with Crippen molar-refractivity contribution in [1.82, 2.24) is 14.5 Å². The molecule has 0 aromatic heterocycles. The van der Waals surface area contributed by atoms with Crippen LogP contribution in [0.4, 0.5) is 0 Å². The van der Waals surface area contributed by atoms with Crippen LogP contribution in [-0.2, 0) is 26.2 Å². The zero-order valence-electron chi connectivity index (χ0n) is 18.0. The summed E-state index contributed by atoms with van der Waals surface area (Å²) in [5.41, 5.74) is 0.805. The van der Waals surface area contributed by atoms with E-state index in [-0.39, 0.29) is 48.2 Å². The van der Waals surface area contributed by atoms with Crippen LogP contribution < -0.4 is 5.32 Å². The van der Waals surface area contributed by atoms with Gasteiger partial charge in [0, 0.05) is 26.6 Å². The summed E-state index contributed by atoms with van der Waals surface area (Å²) < 4.78 is 26.1. The number of likely N-dealkylation sites (N-methyl/N-ethyl adjacent to an activating group) is 1. The molecule has 2 aromatic carbocycles. The van der Waals surface area contributed by atoms with Crippen molar-refractivity contribution < 1.29 is 22.8 Å². The third kappa shape index (κ3) is 5.15. The monoisotopic (exact) mass is 511 g/mol. The first-order valence-corrected chi connectivity index (χ1v) is 12.4. The topological polar surface area (TPSA) is 104 Å². The average molecular weight is 512 g/mol.